The van der Waals surface area contributed by atoms with Gasteiger partial charge in [-0.15, -0.1) is 0 Å². The summed E-state index contributed by atoms with van der Waals surface area (Å²) in [6, 6.07) is 17.9. The van der Waals surface area contributed by atoms with E-state index in [1.165, 1.54) is 0 Å². The normalized spacial score (nSPS) is 14.3. The van der Waals surface area contributed by atoms with E-state index < -0.39 is 24.1 Å². The number of hydrogen-bond acceptors (Lipinski definition) is 6. The summed E-state index contributed by atoms with van der Waals surface area (Å²) in [6.45, 7) is -0.209. The minimum atomic E-state index is -1.54. The number of carbonyl (C=O) groups excluding carboxylic acids is 1. The number of nitrogens with two attached hydrogens (primary N) is 2. The van der Waals surface area contributed by atoms with Crippen LogP contribution >= 0.6 is 0 Å². The van der Waals surface area contributed by atoms with Gasteiger partial charge >= 0.3 is 6.09 Å². The summed E-state index contributed by atoms with van der Waals surface area (Å²) in [5, 5.41) is 23.0. The van der Waals surface area contributed by atoms with Crippen LogP contribution in [0.5, 0.6) is 0 Å². The van der Waals surface area contributed by atoms with Crippen molar-refractivity contribution in [1.82, 2.24) is 5.32 Å². The van der Waals surface area contributed by atoms with Crippen LogP contribution in [0.25, 0.3) is 11.1 Å². The Balaban J connectivity index is 1.36. The van der Waals surface area contributed by atoms with Gasteiger partial charge in [0, 0.05) is 18.0 Å². The maximum Gasteiger partial charge on any atom is 0.407 e. The minimum absolute atomic E-state index is 0.0286. The molecule has 0 bridgehead atoms. The van der Waals surface area contributed by atoms with Gasteiger partial charge in [0.25, 0.3) is 0 Å². The summed E-state index contributed by atoms with van der Waals surface area (Å²) in [5.74, 6) is -0.791. The fraction of sp³-hybridized carbons (Fsp3) is 0.208. The molecule has 0 fully saturated rings. The Morgan fingerprint density at radius 1 is 1.03 bits per heavy atom. The van der Waals surface area contributed by atoms with Crippen LogP contribution in [0.1, 0.15) is 28.7 Å². The molecule has 0 radical (unpaired) electrons. The molecule has 0 aliphatic heterocycles. The molecule has 3 aromatic rings. The molecule has 0 saturated carbocycles. The summed E-state index contributed by atoms with van der Waals surface area (Å²) in [7, 11) is 0. The Morgan fingerprint density at radius 3 is 2.25 bits per heavy atom. The lowest BCUT2D eigenvalue weighted by molar-refractivity contribution is 0.0188. The second kappa shape index (κ2) is 8.86. The first-order valence-corrected chi connectivity index (χ1v) is 10.2. The standard InChI is InChI=1S/C24H24FN3O4/c25-13-9-18(22(27)20(26)10-13)23(30)21(29)11-28-24(31)32-12-19-16-7-3-1-5-14(16)15-6-2-4-8-17(15)19/h1-10,19,21,23,29-30H,11-12,26-27H2,(H,28,31). The molecule has 32 heavy (non-hydrogen) atoms. The smallest absolute Gasteiger partial charge is 0.407 e. The number of nitrogen functional groups attached to an aromatic ring is 2. The van der Waals surface area contributed by atoms with Crippen molar-refractivity contribution < 1.29 is 24.1 Å². The fourth-order valence-corrected chi connectivity index (χ4v) is 4.06. The summed E-state index contributed by atoms with van der Waals surface area (Å²) < 4.78 is 19.0. The third-order valence-electron chi connectivity index (χ3n) is 5.69. The Labute approximate surface area is 184 Å². The van der Waals surface area contributed by atoms with Crippen LogP contribution in [0.3, 0.4) is 0 Å². The lowest BCUT2D eigenvalue weighted by atomic mass is 9.98. The number of nitrogens with one attached hydrogen (secondary N) is 1. The number of alkyl carbamates (subject to hydrolysis) is 1. The average Bonchev–Trinajstić information content (AvgIpc) is 3.11. The van der Waals surface area contributed by atoms with Gasteiger partial charge < -0.3 is 31.7 Å². The van der Waals surface area contributed by atoms with Gasteiger partial charge in [0.05, 0.1) is 11.4 Å². The van der Waals surface area contributed by atoms with Gasteiger partial charge in [0.2, 0.25) is 0 Å². The zero-order chi connectivity index (χ0) is 22.8. The van der Waals surface area contributed by atoms with Crippen LogP contribution in [0.15, 0.2) is 60.7 Å². The average molecular weight is 437 g/mol. The van der Waals surface area contributed by atoms with Gasteiger partial charge in [-0.3, -0.25) is 0 Å². The Morgan fingerprint density at radius 2 is 1.62 bits per heavy atom. The number of aliphatic hydroxyl groups is 2. The van der Waals surface area contributed by atoms with Crippen molar-refractivity contribution in [3.05, 3.63) is 83.2 Å². The number of rotatable bonds is 6. The first-order chi connectivity index (χ1) is 15.4. The van der Waals surface area contributed by atoms with E-state index in [0.717, 1.165) is 34.4 Å². The van der Waals surface area contributed by atoms with E-state index in [0.29, 0.717) is 0 Å². The van der Waals surface area contributed by atoms with Crippen molar-refractivity contribution in [3.63, 3.8) is 0 Å². The molecule has 4 rings (SSSR count). The third kappa shape index (κ3) is 4.10. The first kappa shape index (κ1) is 21.6. The molecule has 0 spiro atoms. The van der Waals surface area contributed by atoms with Crippen LogP contribution in [0.4, 0.5) is 20.6 Å². The second-order valence-corrected chi connectivity index (χ2v) is 7.72. The zero-order valence-electron chi connectivity index (χ0n) is 17.2. The number of aliphatic hydroxyl groups excluding tert-OH is 2. The highest BCUT2D eigenvalue weighted by Crippen LogP contribution is 2.44. The maximum atomic E-state index is 13.6. The highest BCUT2D eigenvalue weighted by molar-refractivity contribution is 5.79. The molecule has 3 aromatic carbocycles. The topological polar surface area (TPSA) is 131 Å². The molecule has 1 aliphatic rings. The van der Waals surface area contributed by atoms with Crippen LogP contribution in [-0.2, 0) is 4.74 Å². The summed E-state index contributed by atoms with van der Waals surface area (Å²) in [5.41, 5.74) is 15.6. The van der Waals surface area contributed by atoms with Crippen molar-refractivity contribution in [2.24, 2.45) is 0 Å². The molecule has 2 atom stereocenters. The fourth-order valence-electron chi connectivity index (χ4n) is 4.06. The molecule has 1 amide bonds. The number of benzene rings is 3. The van der Waals surface area contributed by atoms with E-state index in [-0.39, 0.29) is 36.0 Å². The summed E-state index contributed by atoms with van der Waals surface area (Å²) >= 11 is 0. The number of ether oxygens (including phenoxy) is 1. The Bertz CT molecular complexity index is 1110. The van der Waals surface area contributed by atoms with E-state index >= 15 is 0 Å². The number of amides is 1. The lowest BCUT2D eigenvalue weighted by Gasteiger charge is -2.21. The molecule has 7 N–H and O–H groups in total. The monoisotopic (exact) mass is 437 g/mol. The number of carbonyl (C=O) groups is 1. The van der Waals surface area contributed by atoms with Gasteiger partial charge in [-0.1, -0.05) is 48.5 Å². The second-order valence-electron chi connectivity index (χ2n) is 7.72. The number of fused-ring (bicyclic) bond motifs is 3. The largest absolute Gasteiger partial charge is 0.449 e. The lowest BCUT2D eigenvalue weighted by Crippen LogP contribution is -2.36. The predicted molar refractivity (Wildman–Crippen MR) is 119 cm³/mol. The van der Waals surface area contributed by atoms with Crippen molar-refractivity contribution >= 4 is 17.5 Å². The molecular formula is C24H24FN3O4. The first-order valence-electron chi connectivity index (χ1n) is 10.2. The van der Waals surface area contributed by atoms with E-state index in [9.17, 15) is 19.4 Å². The highest BCUT2D eigenvalue weighted by atomic mass is 19.1. The zero-order valence-corrected chi connectivity index (χ0v) is 17.2. The van der Waals surface area contributed by atoms with Crippen LogP contribution in [-0.4, -0.2) is 35.6 Å². The molecule has 0 saturated heterocycles. The third-order valence-corrected chi connectivity index (χ3v) is 5.69. The van der Waals surface area contributed by atoms with Gasteiger partial charge in [-0.2, -0.15) is 0 Å². The predicted octanol–water partition coefficient (Wildman–Crippen LogP) is 2.92. The summed E-state index contributed by atoms with van der Waals surface area (Å²) in [6.07, 6.45) is -3.73. The molecule has 0 aromatic heterocycles. The van der Waals surface area contributed by atoms with Crippen molar-refractivity contribution in [1.29, 1.82) is 0 Å². The minimum Gasteiger partial charge on any atom is -0.449 e. The van der Waals surface area contributed by atoms with Gasteiger partial charge in [-0.05, 0) is 34.4 Å². The van der Waals surface area contributed by atoms with E-state index in [1.54, 1.807) is 0 Å². The van der Waals surface area contributed by atoms with Crippen molar-refractivity contribution in [3.8, 4) is 11.1 Å². The summed E-state index contributed by atoms with van der Waals surface area (Å²) in [4.78, 5) is 12.2. The van der Waals surface area contributed by atoms with Gasteiger partial charge in [0.1, 0.15) is 24.6 Å². The maximum absolute atomic E-state index is 13.6. The molecule has 7 nitrogen and oxygen atoms in total. The highest BCUT2D eigenvalue weighted by Gasteiger charge is 2.29. The SMILES string of the molecule is Nc1cc(F)cc(C(O)C(O)CNC(=O)OCC2c3ccccc3-c3ccccc32)c1N. The van der Waals surface area contributed by atoms with Gasteiger partial charge in [-0.25, -0.2) is 9.18 Å². The molecule has 0 heterocycles. The molecule has 166 valence electrons. The van der Waals surface area contributed by atoms with Crippen LogP contribution in [0, 0.1) is 5.82 Å². The molecular weight excluding hydrogens is 413 g/mol. The van der Waals surface area contributed by atoms with E-state index in [4.69, 9.17) is 16.2 Å². The Hall–Kier alpha value is -3.62. The van der Waals surface area contributed by atoms with E-state index in [1.807, 2.05) is 48.5 Å². The van der Waals surface area contributed by atoms with Crippen LogP contribution < -0.4 is 16.8 Å². The van der Waals surface area contributed by atoms with Crippen molar-refractivity contribution in [2.75, 3.05) is 24.6 Å². The number of halogens is 1. The molecule has 8 heteroatoms. The number of anilines is 2. The van der Waals surface area contributed by atoms with Crippen LogP contribution in [0.2, 0.25) is 0 Å². The van der Waals surface area contributed by atoms with Gasteiger partial charge in [0.15, 0.2) is 0 Å². The van der Waals surface area contributed by atoms with Crippen molar-refractivity contribution in [2.45, 2.75) is 18.1 Å². The van der Waals surface area contributed by atoms with E-state index in [2.05, 4.69) is 5.32 Å². The quantitative estimate of drug-likeness (QED) is 0.377. The molecule has 1 aliphatic carbocycles. The Kier molecular flexibility index (Phi) is 5.98. The molecule has 2 unspecified atom stereocenters. The number of hydrogen-bond donors (Lipinski definition) is 5.